The van der Waals surface area contributed by atoms with Crippen LogP contribution < -0.4 is 0 Å². The molecule has 0 N–H and O–H groups in total. The molecule has 1 aliphatic rings. The molecule has 24 heavy (non-hydrogen) atoms. The van der Waals surface area contributed by atoms with Gasteiger partial charge in [-0.3, -0.25) is 0 Å². The Hall–Kier alpha value is -1.87. The van der Waals surface area contributed by atoms with Crippen LogP contribution in [0.15, 0.2) is 40.4 Å². The highest BCUT2D eigenvalue weighted by atomic mass is 16.5. The highest BCUT2D eigenvalue weighted by molar-refractivity contribution is 5.64. The summed E-state index contributed by atoms with van der Waals surface area (Å²) in [4.78, 5) is 6.73. The molecule has 0 bridgehead atoms. The van der Waals surface area contributed by atoms with Gasteiger partial charge in [0.15, 0.2) is 0 Å². The van der Waals surface area contributed by atoms with Crippen LogP contribution in [0.1, 0.15) is 50.5 Å². The fraction of sp³-hybridized carbons (Fsp3) is 0.476. The molecule has 0 saturated carbocycles. The van der Waals surface area contributed by atoms with Crippen LogP contribution >= 0.6 is 0 Å². The summed E-state index contributed by atoms with van der Waals surface area (Å²) in [6.45, 7) is 12.3. The van der Waals surface area contributed by atoms with E-state index < -0.39 is 0 Å². The fourth-order valence-corrected chi connectivity index (χ4v) is 2.88. The second-order valence-electron chi connectivity index (χ2n) is 6.58. The van der Waals surface area contributed by atoms with Gasteiger partial charge in [0.2, 0.25) is 0 Å². The van der Waals surface area contributed by atoms with E-state index in [0.717, 1.165) is 25.3 Å². The molecule has 2 rings (SSSR count). The molecule has 0 spiro atoms. The van der Waals surface area contributed by atoms with Crippen LogP contribution in [-0.2, 0) is 11.2 Å². The third-order valence-electron chi connectivity index (χ3n) is 4.61. The summed E-state index contributed by atoms with van der Waals surface area (Å²) in [6.07, 6.45) is 7.26. The number of aliphatic imine (C=N–C) groups is 1. The average Bonchev–Trinajstić information content (AvgIpc) is 2.58. The quantitative estimate of drug-likeness (QED) is 0.425. The Bertz CT molecular complexity index is 671. The number of aryl methyl sites for hydroxylation is 1. The van der Waals surface area contributed by atoms with E-state index in [4.69, 9.17) is 4.74 Å². The van der Waals surface area contributed by atoms with Gasteiger partial charge >= 0.3 is 0 Å². The van der Waals surface area contributed by atoms with Gasteiger partial charge in [-0.2, -0.15) is 0 Å². The zero-order valence-electron chi connectivity index (χ0n) is 15.9. The van der Waals surface area contributed by atoms with Crippen molar-refractivity contribution in [3.8, 4) is 0 Å². The van der Waals surface area contributed by atoms with E-state index in [1.54, 1.807) is 0 Å². The molecule has 1 aromatic rings. The molecule has 0 saturated heterocycles. The van der Waals surface area contributed by atoms with Crippen molar-refractivity contribution in [2.24, 2.45) is 4.99 Å². The Morgan fingerprint density at radius 1 is 1.38 bits per heavy atom. The van der Waals surface area contributed by atoms with Crippen LogP contribution in [0.5, 0.6) is 0 Å². The van der Waals surface area contributed by atoms with E-state index >= 15 is 0 Å². The monoisotopic (exact) mass is 326 g/mol. The number of rotatable bonds is 5. The van der Waals surface area contributed by atoms with Gasteiger partial charge in [0.05, 0.1) is 18.6 Å². The molecule has 1 aromatic carbocycles. The average molecular weight is 326 g/mol. The van der Waals surface area contributed by atoms with Crippen molar-refractivity contribution < 1.29 is 4.74 Å². The van der Waals surface area contributed by atoms with Gasteiger partial charge in [0.1, 0.15) is 6.10 Å². The lowest BCUT2D eigenvalue weighted by Gasteiger charge is -2.28. The lowest BCUT2D eigenvalue weighted by atomic mass is 9.90. The van der Waals surface area contributed by atoms with Crippen molar-refractivity contribution in [3.63, 3.8) is 0 Å². The van der Waals surface area contributed by atoms with Crippen LogP contribution in [0.25, 0.3) is 0 Å². The molecule has 1 unspecified atom stereocenters. The standard InChI is InChI=1S/C21H30N2O/c1-7-15(3)11-17(5)21-19-12-16(4)20(22-14-23(6)8-2)13-18(19)9-10-24-21/h7,11-14,21H,8-10H2,1-6H3/b15-7-,17-11+,22-14?. The number of nitrogens with zero attached hydrogens (tertiary/aromatic N) is 2. The number of ether oxygens (including phenoxy) is 1. The van der Waals surface area contributed by atoms with Crippen LogP contribution in [0.3, 0.4) is 0 Å². The molecule has 0 radical (unpaired) electrons. The Labute approximate surface area is 146 Å². The van der Waals surface area contributed by atoms with E-state index in [-0.39, 0.29) is 6.10 Å². The molecule has 1 aliphatic heterocycles. The van der Waals surface area contributed by atoms with Gasteiger partial charge in [0, 0.05) is 13.6 Å². The predicted octanol–water partition coefficient (Wildman–Crippen LogP) is 5.13. The summed E-state index contributed by atoms with van der Waals surface area (Å²) in [6, 6.07) is 4.48. The number of fused-ring (bicyclic) bond motifs is 1. The summed E-state index contributed by atoms with van der Waals surface area (Å²) in [7, 11) is 2.04. The molecule has 3 heteroatoms. The second-order valence-corrected chi connectivity index (χ2v) is 6.58. The summed E-state index contributed by atoms with van der Waals surface area (Å²) in [5.74, 6) is 0. The molecular weight excluding hydrogens is 296 g/mol. The summed E-state index contributed by atoms with van der Waals surface area (Å²) >= 11 is 0. The van der Waals surface area contributed by atoms with Crippen molar-refractivity contribution in [1.29, 1.82) is 0 Å². The Balaban J connectivity index is 2.36. The minimum atomic E-state index is 0.0543. The summed E-state index contributed by atoms with van der Waals surface area (Å²) in [5.41, 5.74) is 7.42. The van der Waals surface area contributed by atoms with Gasteiger partial charge in [-0.05, 0) is 69.4 Å². The molecule has 0 fully saturated rings. The molecule has 0 aliphatic carbocycles. The number of benzene rings is 1. The topological polar surface area (TPSA) is 24.8 Å². The molecule has 0 aromatic heterocycles. The van der Waals surface area contributed by atoms with Crippen molar-refractivity contribution in [2.75, 3.05) is 20.2 Å². The number of allylic oxidation sites excluding steroid dienone is 3. The number of hydrogen-bond acceptors (Lipinski definition) is 2. The zero-order chi connectivity index (χ0) is 17.7. The zero-order valence-corrected chi connectivity index (χ0v) is 15.9. The normalized spacial score (nSPS) is 18.8. The van der Waals surface area contributed by atoms with Crippen molar-refractivity contribution in [1.82, 2.24) is 4.90 Å². The molecular formula is C21H30N2O. The maximum Gasteiger partial charge on any atom is 0.104 e. The van der Waals surface area contributed by atoms with E-state index in [1.165, 1.54) is 27.8 Å². The van der Waals surface area contributed by atoms with Gasteiger partial charge in [-0.15, -0.1) is 0 Å². The lowest BCUT2D eigenvalue weighted by molar-refractivity contribution is 0.0670. The van der Waals surface area contributed by atoms with Gasteiger partial charge in [-0.25, -0.2) is 4.99 Å². The summed E-state index contributed by atoms with van der Waals surface area (Å²) < 4.78 is 6.08. The molecule has 1 atom stereocenters. The van der Waals surface area contributed by atoms with Crippen LogP contribution in [0, 0.1) is 6.92 Å². The molecule has 130 valence electrons. The van der Waals surface area contributed by atoms with E-state index in [2.05, 4.69) is 68.8 Å². The van der Waals surface area contributed by atoms with E-state index in [1.807, 2.05) is 13.4 Å². The first-order valence-corrected chi connectivity index (χ1v) is 8.76. The van der Waals surface area contributed by atoms with Crippen molar-refractivity contribution in [3.05, 3.63) is 52.1 Å². The van der Waals surface area contributed by atoms with E-state index in [0.29, 0.717) is 0 Å². The summed E-state index contributed by atoms with van der Waals surface area (Å²) in [5, 5.41) is 0. The molecule has 3 nitrogen and oxygen atoms in total. The van der Waals surface area contributed by atoms with Gasteiger partial charge < -0.3 is 9.64 Å². The van der Waals surface area contributed by atoms with Crippen molar-refractivity contribution in [2.45, 2.75) is 47.1 Å². The predicted molar refractivity (Wildman–Crippen MR) is 103 cm³/mol. The lowest BCUT2D eigenvalue weighted by Crippen LogP contribution is -2.18. The Kier molecular flexibility index (Phi) is 6.38. The highest BCUT2D eigenvalue weighted by Gasteiger charge is 2.23. The molecule has 0 amide bonds. The first-order valence-electron chi connectivity index (χ1n) is 8.76. The first kappa shape index (κ1) is 18.5. The SMILES string of the molecule is C/C=C(C)\C=C(/C)C1OCCc2cc(N=CN(C)CC)c(C)cc21. The number of hydrogen-bond donors (Lipinski definition) is 0. The van der Waals surface area contributed by atoms with Crippen molar-refractivity contribution >= 4 is 12.0 Å². The maximum absolute atomic E-state index is 6.08. The Morgan fingerprint density at radius 2 is 2.12 bits per heavy atom. The van der Waals surface area contributed by atoms with Crippen LogP contribution in [-0.4, -0.2) is 31.4 Å². The Morgan fingerprint density at radius 3 is 2.79 bits per heavy atom. The van der Waals surface area contributed by atoms with Crippen LogP contribution in [0.4, 0.5) is 5.69 Å². The second kappa shape index (κ2) is 8.29. The smallest absolute Gasteiger partial charge is 0.104 e. The van der Waals surface area contributed by atoms with Gasteiger partial charge in [0.25, 0.3) is 0 Å². The van der Waals surface area contributed by atoms with Gasteiger partial charge in [-0.1, -0.05) is 23.8 Å². The molecule has 1 heterocycles. The highest BCUT2D eigenvalue weighted by Crippen LogP contribution is 2.36. The van der Waals surface area contributed by atoms with Crippen LogP contribution in [0.2, 0.25) is 0 Å². The maximum atomic E-state index is 6.08. The third kappa shape index (κ3) is 4.35. The fourth-order valence-electron chi connectivity index (χ4n) is 2.88. The third-order valence-corrected chi connectivity index (χ3v) is 4.61. The minimum Gasteiger partial charge on any atom is -0.369 e. The largest absolute Gasteiger partial charge is 0.369 e. The van der Waals surface area contributed by atoms with E-state index in [9.17, 15) is 0 Å². The minimum absolute atomic E-state index is 0.0543. The first-order chi connectivity index (χ1) is 11.5.